The van der Waals surface area contributed by atoms with Gasteiger partial charge in [0.15, 0.2) is 0 Å². The number of rotatable bonds is 11. The monoisotopic (exact) mass is 690 g/mol. The lowest BCUT2D eigenvalue weighted by Gasteiger charge is -2.23. The number of carbonyl (C=O) groups is 4. The van der Waals surface area contributed by atoms with Crippen molar-refractivity contribution < 1.29 is 29.0 Å². The molecule has 2 unspecified atom stereocenters. The topological polar surface area (TPSA) is 122 Å². The van der Waals surface area contributed by atoms with Crippen LogP contribution >= 0.6 is 23.1 Å². The van der Waals surface area contributed by atoms with Gasteiger partial charge in [-0.1, -0.05) is 78.9 Å². The Bertz CT molecular complexity index is 1990. The molecule has 248 valence electrons. The van der Waals surface area contributed by atoms with Crippen molar-refractivity contribution in [1.29, 1.82) is 0 Å². The van der Waals surface area contributed by atoms with Crippen molar-refractivity contribution in [3.63, 3.8) is 0 Å². The minimum atomic E-state index is -1.19. The molecule has 10 heteroatoms. The molecule has 0 saturated carbocycles. The predicted molar refractivity (Wildman–Crippen MR) is 193 cm³/mol. The second-order valence-corrected chi connectivity index (χ2v) is 13.8. The zero-order valence-corrected chi connectivity index (χ0v) is 28.3. The van der Waals surface area contributed by atoms with Gasteiger partial charge < -0.3 is 20.5 Å². The summed E-state index contributed by atoms with van der Waals surface area (Å²) in [5.74, 6) is -2.17. The maximum absolute atomic E-state index is 14.2. The van der Waals surface area contributed by atoms with Gasteiger partial charge in [0.25, 0.3) is 5.91 Å². The molecule has 0 radical (unpaired) electrons. The summed E-state index contributed by atoms with van der Waals surface area (Å²) in [6.45, 7) is 1.99. The van der Waals surface area contributed by atoms with Gasteiger partial charge in [-0.15, -0.1) is 23.1 Å². The number of benzene rings is 4. The van der Waals surface area contributed by atoms with E-state index in [1.165, 1.54) is 40.8 Å². The van der Waals surface area contributed by atoms with E-state index in [0.717, 1.165) is 28.8 Å². The molecule has 0 aliphatic heterocycles. The normalized spacial score (nSPS) is 14.3. The zero-order chi connectivity index (χ0) is 34.3. The maximum atomic E-state index is 14.2. The first-order valence-electron chi connectivity index (χ1n) is 15.9. The Balaban J connectivity index is 1.26. The highest BCUT2D eigenvalue weighted by Crippen LogP contribution is 2.44. The average molecular weight is 691 g/mol. The highest BCUT2D eigenvalue weighted by molar-refractivity contribution is 8.00. The van der Waals surface area contributed by atoms with Crippen LogP contribution in [-0.2, 0) is 22.4 Å². The summed E-state index contributed by atoms with van der Waals surface area (Å²) in [5.41, 5.74) is 3.80. The van der Waals surface area contributed by atoms with Crippen molar-refractivity contribution in [2.45, 2.75) is 42.2 Å². The first-order chi connectivity index (χ1) is 23.8. The molecule has 0 fully saturated rings. The minimum Gasteiger partial charge on any atom is -0.478 e. The van der Waals surface area contributed by atoms with Gasteiger partial charge in [-0.2, -0.15) is 0 Å². The Labute approximate surface area is 292 Å². The number of ether oxygens (including phenoxy) is 1. The van der Waals surface area contributed by atoms with Crippen molar-refractivity contribution in [1.82, 2.24) is 0 Å². The smallest absolute Gasteiger partial charge is 0.341 e. The fraction of sp³-hybridized carbons (Fsp3) is 0.179. The molecule has 0 spiro atoms. The number of anilines is 2. The van der Waals surface area contributed by atoms with E-state index in [1.54, 1.807) is 37.3 Å². The van der Waals surface area contributed by atoms with Gasteiger partial charge in [-0.05, 0) is 79.1 Å². The van der Waals surface area contributed by atoms with Crippen LogP contribution in [0.5, 0.6) is 0 Å². The van der Waals surface area contributed by atoms with Crippen LogP contribution in [0.25, 0.3) is 0 Å². The minimum absolute atomic E-state index is 0.0423. The number of hydrogen-bond donors (Lipinski definition) is 3. The fourth-order valence-corrected chi connectivity index (χ4v) is 8.43. The summed E-state index contributed by atoms with van der Waals surface area (Å²) in [6.07, 6.45) is 2.38. The molecule has 2 atom stereocenters. The van der Waals surface area contributed by atoms with Gasteiger partial charge in [0.1, 0.15) is 10.3 Å². The van der Waals surface area contributed by atoms with E-state index in [9.17, 15) is 24.3 Å². The molecule has 49 heavy (non-hydrogen) atoms. The number of carboxylic acids is 1. The molecule has 2 amide bonds. The Hall–Kier alpha value is -5.19. The van der Waals surface area contributed by atoms with E-state index in [2.05, 4.69) is 22.8 Å². The van der Waals surface area contributed by atoms with Crippen LogP contribution in [0.15, 0.2) is 114 Å². The van der Waals surface area contributed by atoms with Crippen LogP contribution in [0.3, 0.4) is 0 Å². The number of nitrogens with one attached hydrogen (secondary N) is 2. The highest BCUT2D eigenvalue weighted by Gasteiger charge is 2.32. The number of amides is 2. The van der Waals surface area contributed by atoms with Gasteiger partial charge in [-0.3, -0.25) is 9.59 Å². The van der Waals surface area contributed by atoms with Crippen LogP contribution < -0.4 is 10.6 Å². The first kappa shape index (κ1) is 33.7. The summed E-state index contributed by atoms with van der Waals surface area (Å²) in [6, 6.07) is 32.8. The molecular formula is C39H34N2O6S2. The molecule has 6 rings (SSSR count). The third-order valence-corrected chi connectivity index (χ3v) is 10.8. The van der Waals surface area contributed by atoms with Gasteiger partial charge in [-0.25, -0.2) is 9.59 Å². The molecule has 8 nitrogen and oxygen atoms in total. The lowest BCUT2D eigenvalue weighted by atomic mass is 9.83. The Morgan fingerprint density at radius 2 is 1.57 bits per heavy atom. The van der Waals surface area contributed by atoms with Gasteiger partial charge >= 0.3 is 11.9 Å². The molecule has 1 aromatic heterocycles. The third kappa shape index (κ3) is 7.77. The zero-order valence-electron chi connectivity index (χ0n) is 26.7. The van der Waals surface area contributed by atoms with Crippen molar-refractivity contribution in [2.75, 3.05) is 17.2 Å². The largest absolute Gasteiger partial charge is 0.478 e. The molecule has 3 N–H and O–H groups in total. The quantitative estimate of drug-likeness (QED) is 0.0937. The summed E-state index contributed by atoms with van der Waals surface area (Å²) < 4.78 is 5.47. The Morgan fingerprint density at radius 1 is 0.878 bits per heavy atom. The third-order valence-electron chi connectivity index (χ3n) is 8.34. The van der Waals surface area contributed by atoms with Crippen LogP contribution in [0.2, 0.25) is 0 Å². The number of carbonyl (C=O) groups excluding carboxylic acids is 3. The van der Waals surface area contributed by atoms with Crippen molar-refractivity contribution in [2.24, 2.45) is 0 Å². The number of thioether (sulfide) groups is 1. The Kier molecular flexibility index (Phi) is 10.6. The van der Waals surface area contributed by atoms with Crippen LogP contribution in [0.4, 0.5) is 10.7 Å². The highest BCUT2D eigenvalue weighted by atomic mass is 32.2. The lowest BCUT2D eigenvalue weighted by molar-refractivity contribution is -0.115. The second-order valence-electron chi connectivity index (χ2n) is 11.5. The number of hydrogen-bond acceptors (Lipinski definition) is 7. The predicted octanol–water partition coefficient (Wildman–Crippen LogP) is 8.62. The molecular weight excluding hydrogens is 657 g/mol. The summed E-state index contributed by atoms with van der Waals surface area (Å²) in [7, 11) is 0. The van der Waals surface area contributed by atoms with Crippen molar-refractivity contribution in [3.8, 4) is 0 Å². The van der Waals surface area contributed by atoms with E-state index in [1.807, 2.05) is 54.6 Å². The molecule has 0 saturated heterocycles. The molecule has 0 bridgehead atoms. The summed E-state index contributed by atoms with van der Waals surface area (Å²) >= 11 is 2.74. The van der Waals surface area contributed by atoms with Gasteiger partial charge in [0.2, 0.25) is 5.91 Å². The molecule has 1 aliphatic carbocycles. The standard InChI is InChI=1S/C39H34N2O6S2/c1-2-47-39(46)33-31-21-20-26(24-12-5-3-6-13-24)22-32(31)49-37(33)41-36(43)34(25-14-7-4-8-15-25)48-28-17-11-16-27(23-28)40-35(42)29-18-9-10-19-30(29)38(44)45/h3-19,23,26,34H,2,20-22H2,1H3,(H,40,42)(H,41,43)(H,44,45). The van der Waals surface area contributed by atoms with E-state index >= 15 is 0 Å². The number of carboxylic acid groups (broad SMARTS) is 1. The van der Waals surface area contributed by atoms with Gasteiger partial charge in [0.05, 0.1) is 23.3 Å². The molecule has 1 heterocycles. The Morgan fingerprint density at radius 3 is 2.29 bits per heavy atom. The summed E-state index contributed by atoms with van der Waals surface area (Å²) in [5, 5.41) is 15.2. The molecule has 1 aliphatic rings. The van der Waals surface area contributed by atoms with E-state index in [0.29, 0.717) is 33.5 Å². The first-order valence-corrected chi connectivity index (χ1v) is 17.6. The van der Waals surface area contributed by atoms with E-state index in [4.69, 9.17) is 4.74 Å². The average Bonchev–Trinajstić information content (AvgIpc) is 3.48. The van der Waals surface area contributed by atoms with E-state index < -0.39 is 23.1 Å². The van der Waals surface area contributed by atoms with Crippen LogP contribution in [-0.4, -0.2) is 35.5 Å². The van der Waals surface area contributed by atoms with Gasteiger partial charge in [0, 0.05) is 15.5 Å². The fourth-order valence-electron chi connectivity index (χ4n) is 6.03. The maximum Gasteiger partial charge on any atom is 0.341 e. The number of thiophene rings is 1. The summed E-state index contributed by atoms with van der Waals surface area (Å²) in [4.78, 5) is 54.0. The van der Waals surface area contributed by atoms with Crippen LogP contribution in [0, 0.1) is 0 Å². The number of esters is 1. The van der Waals surface area contributed by atoms with E-state index in [-0.39, 0.29) is 23.6 Å². The van der Waals surface area contributed by atoms with Crippen molar-refractivity contribution in [3.05, 3.63) is 147 Å². The number of aromatic carboxylic acids is 1. The number of fused-ring (bicyclic) bond motifs is 1. The SMILES string of the molecule is CCOC(=O)c1c(NC(=O)C(Sc2cccc(NC(=O)c3ccccc3C(=O)O)c2)c2ccccc2)sc2c1CCC(c1ccccc1)C2. The lowest BCUT2D eigenvalue weighted by Crippen LogP contribution is -2.21. The van der Waals surface area contributed by atoms with Crippen molar-refractivity contribution >= 4 is 57.5 Å². The second kappa shape index (κ2) is 15.4. The molecule has 5 aromatic rings. The molecule has 4 aromatic carbocycles. The van der Waals surface area contributed by atoms with Crippen LogP contribution in [0.1, 0.15) is 77.2 Å².